The first-order chi connectivity index (χ1) is 15.4. The molecule has 2 fully saturated rings. The topological polar surface area (TPSA) is 49.9 Å². The maximum atomic E-state index is 13.4. The first kappa shape index (κ1) is 20.3. The van der Waals surface area contributed by atoms with Gasteiger partial charge in [-0.15, -0.1) is 0 Å². The molecule has 0 bridgehead atoms. The summed E-state index contributed by atoms with van der Waals surface area (Å²) >= 11 is 0. The molecule has 8 heteroatoms. The van der Waals surface area contributed by atoms with E-state index < -0.39 is 41.6 Å². The smallest absolute Gasteiger partial charge is 0.273 e. The van der Waals surface area contributed by atoms with Crippen LogP contribution in [0.2, 0.25) is 0 Å². The molecule has 32 heavy (non-hydrogen) atoms. The van der Waals surface area contributed by atoms with Gasteiger partial charge in [0.2, 0.25) is 5.91 Å². The van der Waals surface area contributed by atoms with Crippen molar-refractivity contribution < 1.29 is 27.6 Å². The summed E-state index contributed by atoms with van der Waals surface area (Å²) in [6.45, 7) is 0. The molecule has 3 atom stereocenters. The standard InChI is InChI=1S/C24H17F3N2O3/c25-24(26,27)16-9-7-8-15(14-16)20-19-21(32-29(20)18-12-5-2-6-13-18)23(31)28(22(19)30)17-10-3-1-4-11-17/h1-14,19-21H/t19-,20+,21-/m0/s1. The maximum Gasteiger partial charge on any atom is 0.416 e. The molecule has 0 unspecified atom stereocenters. The number of imide groups is 1. The van der Waals surface area contributed by atoms with Gasteiger partial charge in [-0.05, 0) is 42.0 Å². The van der Waals surface area contributed by atoms with E-state index in [2.05, 4.69) is 0 Å². The van der Waals surface area contributed by atoms with E-state index in [0.717, 1.165) is 17.0 Å². The Kier molecular flexibility index (Phi) is 4.74. The van der Waals surface area contributed by atoms with Gasteiger partial charge < -0.3 is 0 Å². The summed E-state index contributed by atoms with van der Waals surface area (Å²) in [6, 6.07) is 21.0. The summed E-state index contributed by atoms with van der Waals surface area (Å²) in [5.74, 6) is -2.04. The van der Waals surface area contributed by atoms with Crippen molar-refractivity contribution in [3.63, 3.8) is 0 Å². The Morgan fingerprint density at radius 1 is 0.750 bits per heavy atom. The quantitative estimate of drug-likeness (QED) is 0.554. The Morgan fingerprint density at radius 2 is 1.38 bits per heavy atom. The van der Waals surface area contributed by atoms with E-state index in [1.54, 1.807) is 60.7 Å². The minimum atomic E-state index is -4.54. The molecule has 2 amide bonds. The van der Waals surface area contributed by atoms with Crippen LogP contribution in [0.1, 0.15) is 17.2 Å². The van der Waals surface area contributed by atoms with E-state index in [9.17, 15) is 22.8 Å². The number of rotatable bonds is 3. The van der Waals surface area contributed by atoms with Crippen LogP contribution in [-0.2, 0) is 20.6 Å². The number of halogens is 3. The summed E-state index contributed by atoms with van der Waals surface area (Å²) in [6.07, 6.45) is -5.68. The molecule has 0 aromatic heterocycles. The molecule has 2 heterocycles. The molecular weight excluding hydrogens is 421 g/mol. The number of carbonyl (C=O) groups excluding carboxylic acids is 2. The van der Waals surface area contributed by atoms with Gasteiger partial charge in [-0.1, -0.05) is 48.5 Å². The van der Waals surface area contributed by atoms with E-state index in [4.69, 9.17) is 4.84 Å². The lowest BCUT2D eigenvalue weighted by Crippen LogP contribution is -2.37. The zero-order valence-corrected chi connectivity index (χ0v) is 16.6. The van der Waals surface area contributed by atoms with Crippen LogP contribution in [-0.4, -0.2) is 17.9 Å². The van der Waals surface area contributed by atoms with Gasteiger partial charge >= 0.3 is 6.18 Å². The predicted molar refractivity (Wildman–Crippen MR) is 110 cm³/mol. The molecule has 3 aromatic carbocycles. The molecule has 2 saturated heterocycles. The normalized spacial score (nSPS) is 23.0. The fourth-order valence-electron chi connectivity index (χ4n) is 4.28. The first-order valence-corrected chi connectivity index (χ1v) is 9.97. The SMILES string of the molecule is O=C1[C@@H]2[C@H](ON(c3ccccc3)[C@@H]2c2cccc(C(F)(F)F)c2)C(=O)N1c1ccccc1. The van der Waals surface area contributed by atoms with E-state index >= 15 is 0 Å². The number of hydrogen-bond donors (Lipinski definition) is 0. The maximum absolute atomic E-state index is 13.4. The number of hydrogen-bond acceptors (Lipinski definition) is 4. The van der Waals surface area contributed by atoms with E-state index in [1.165, 1.54) is 17.2 Å². The third kappa shape index (κ3) is 3.23. The third-order valence-electron chi connectivity index (χ3n) is 5.70. The molecule has 2 aliphatic heterocycles. The van der Waals surface area contributed by atoms with Crippen LogP contribution < -0.4 is 9.96 Å². The summed E-state index contributed by atoms with van der Waals surface area (Å²) in [4.78, 5) is 33.6. The second-order valence-electron chi connectivity index (χ2n) is 7.63. The molecule has 3 aromatic rings. The molecule has 0 aliphatic carbocycles. The fourth-order valence-corrected chi connectivity index (χ4v) is 4.28. The number of benzene rings is 3. The molecule has 0 radical (unpaired) electrons. The van der Waals surface area contributed by atoms with Gasteiger partial charge in [0.05, 0.1) is 23.0 Å². The highest BCUT2D eigenvalue weighted by atomic mass is 19.4. The largest absolute Gasteiger partial charge is 0.416 e. The lowest BCUT2D eigenvalue weighted by Gasteiger charge is -2.29. The molecule has 5 rings (SSSR count). The van der Waals surface area contributed by atoms with Crippen molar-refractivity contribution in [3.8, 4) is 0 Å². The van der Waals surface area contributed by atoms with Crippen LogP contribution >= 0.6 is 0 Å². The van der Waals surface area contributed by atoms with Crippen LogP contribution in [0.15, 0.2) is 84.9 Å². The van der Waals surface area contributed by atoms with Gasteiger partial charge in [0.1, 0.15) is 5.92 Å². The lowest BCUT2D eigenvalue weighted by molar-refractivity contribution is -0.137. The number of carbonyl (C=O) groups is 2. The minimum Gasteiger partial charge on any atom is -0.273 e. The van der Waals surface area contributed by atoms with Crippen LogP contribution in [0.25, 0.3) is 0 Å². The Labute approximate surface area is 181 Å². The molecule has 2 aliphatic rings. The van der Waals surface area contributed by atoms with E-state index in [-0.39, 0.29) is 5.56 Å². The van der Waals surface area contributed by atoms with Gasteiger partial charge in [0.15, 0.2) is 6.10 Å². The van der Waals surface area contributed by atoms with Crippen LogP contribution in [0.3, 0.4) is 0 Å². The van der Waals surface area contributed by atoms with Gasteiger partial charge in [-0.2, -0.15) is 13.2 Å². The number of fused-ring (bicyclic) bond motifs is 1. The Hall–Kier alpha value is -3.65. The molecule has 162 valence electrons. The van der Waals surface area contributed by atoms with Crippen molar-refractivity contribution in [1.29, 1.82) is 0 Å². The van der Waals surface area contributed by atoms with Crippen molar-refractivity contribution in [2.45, 2.75) is 18.3 Å². The average molecular weight is 438 g/mol. The average Bonchev–Trinajstić information content (AvgIpc) is 3.30. The molecule has 5 nitrogen and oxygen atoms in total. The number of alkyl halides is 3. The summed E-state index contributed by atoms with van der Waals surface area (Å²) in [5.41, 5.74) is 0.348. The summed E-state index contributed by atoms with van der Waals surface area (Å²) in [5, 5.41) is 1.38. The van der Waals surface area contributed by atoms with Crippen molar-refractivity contribution >= 4 is 23.2 Å². The number of nitrogens with zero attached hydrogens (tertiary/aromatic N) is 2. The highest BCUT2D eigenvalue weighted by Crippen LogP contribution is 2.48. The zero-order chi connectivity index (χ0) is 22.5. The third-order valence-corrected chi connectivity index (χ3v) is 5.70. The monoisotopic (exact) mass is 438 g/mol. The number of anilines is 2. The Morgan fingerprint density at radius 3 is 2.00 bits per heavy atom. The van der Waals surface area contributed by atoms with Crippen molar-refractivity contribution in [2.24, 2.45) is 5.92 Å². The van der Waals surface area contributed by atoms with Gasteiger partial charge in [-0.3, -0.25) is 14.4 Å². The van der Waals surface area contributed by atoms with Crippen molar-refractivity contribution in [2.75, 3.05) is 9.96 Å². The Balaban J connectivity index is 1.61. The summed E-state index contributed by atoms with van der Waals surface area (Å²) < 4.78 is 40.2. The molecule has 0 N–H and O–H groups in total. The first-order valence-electron chi connectivity index (χ1n) is 9.97. The second kappa shape index (κ2) is 7.49. The van der Waals surface area contributed by atoms with E-state index in [0.29, 0.717) is 11.4 Å². The molecular formula is C24H17F3N2O3. The summed E-state index contributed by atoms with van der Waals surface area (Å²) in [7, 11) is 0. The van der Waals surface area contributed by atoms with Crippen molar-refractivity contribution in [1.82, 2.24) is 0 Å². The zero-order valence-electron chi connectivity index (χ0n) is 16.6. The van der Waals surface area contributed by atoms with Gasteiger partial charge in [0.25, 0.3) is 5.91 Å². The predicted octanol–water partition coefficient (Wildman–Crippen LogP) is 4.76. The second-order valence-corrected chi connectivity index (χ2v) is 7.63. The van der Waals surface area contributed by atoms with Crippen LogP contribution in [0.5, 0.6) is 0 Å². The van der Waals surface area contributed by atoms with Crippen molar-refractivity contribution in [3.05, 3.63) is 96.1 Å². The number of hydroxylamine groups is 1. The fraction of sp³-hybridized carbons (Fsp3) is 0.167. The highest BCUT2D eigenvalue weighted by Gasteiger charge is 2.60. The van der Waals surface area contributed by atoms with E-state index in [1.807, 2.05) is 0 Å². The number of amides is 2. The van der Waals surface area contributed by atoms with Gasteiger partial charge in [-0.25, -0.2) is 9.96 Å². The van der Waals surface area contributed by atoms with Crippen LogP contribution in [0, 0.1) is 5.92 Å². The van der Waals surface area contributed by atoms with Gasteiger partial charge in [0, 0.05) is 0 Å². The lowest BCUT2D eigenvalue weighted by atomic mass is 9.89. The minimum absolute atomic E-state index is 0.243. The number of para-hydroxylation sites is 2. The van der Waals surface area contributed by atoms with Crippen LogP contribution in [0.4, 0.5) is 24.5 Å². The highest BCUT2D eigenvalue weighted by molar-refractivity contribution is 6.23. The molecule has 0 spiro atoms. The Bertz CT molecular complexity index is 1170. The molecule has 0 saturated carbocycles.